The summed E-state index contributed by atoms with van der Waals surface area (Å²) in [5.41, 5.74) is 7.65. The highest BCUT2D eigenvalue weighted by Crippen LogP contribution is 2.24. The minimum absolute atomic E-state index is 0. The molecule has 0 fully saturated rings. The van der Waals surface area contributed by atoms with Gasteiger partial charge in [-0.25, -0.2) is 0 Å². The number of primary amides is 1. The third kappa shape index (κ3) is 2.23. The van der Waals surface area contributed by atoms with Crippen molar-refractivity contribution in [1.82, 2.24) is 4.98 Å². The van der Waals surface area contributed by atoms with E-state index in [1.807, 2.05) is 19.1 Å². The molecular weight excluding hydrogens is 228 g/mol. The van der Waals surface area contributed by atoms with Crippen LogP contribution in [-0.4, -0.2) is 10.9 Å². The molecule has 2 aromatic rings. The second-order valence-corrected chi connectivity index (χ2v) is 3.21. The highest BCUT2D eigenvalue weighted by atomic mass is 35.5. The highest BCUT2D eigenvalue weighted by molar-refractivity contribution is 5.97. The Morgan fingerprint density at radius 2 is 2.19 bits per heavy atom. The van der Waals surface area contributed by atoms with Crippen molar-refractivity contribution in [3.05, 3.63) is 42.1 Å². The average Bonchev–Trinajstić information content (AvgIpc) is 2.65. The molecule has 5 heteroatoms. The molecule has 0 aliphatic carbocycles. The number of pyridine rings is 1. The number of nitrogens with two attached hydrogens (primary N) is 1. The Bertz CT molecular complexity index is 508. The fourth-order valence-corrected chi connectivity index (χ4v) is 1.44. The zero-order chi connectivity index (χ0) is 10.8. The van der Waals surface area contributed by atoms with Crippen LogP contribution in [0, 0.1) is 6.92 Å². The largest absolute Gasteiger partial charge is 0.459 e. The van der Waals surface area contributed by atoms with Gasteiger partial charge in [0.25, 0.3) is 5.91 Å². The maximum Gasteiger partial charge on any atom is 0.285 e. The van der Waals surface area contributed by atoms with Gasteiger partial charge in [-0.2, -0.15) is 0 Å². The van der Waals surface area contributed by atoms with Crippen molar-refractivity contribution in [1.29, 1.82) is 0 Å². The Morgan fingerprint density at radius 3 is 2.81 bits per heavy atom. The highest BCUT2D eigenvalue weighted by Gasteiger charge is 2.13. The Balaban J connectivity index is 0.00000128. The van der Waals surface area contributed by atoms with Crippen LogP contribution >= 0.6 is 12.4 Å². The molecule has 2 rings (SSSR count). The van der Waals surface area contributed by atoms with Gasteiger partial charge in [-0.1, -0.05) is 0 Å². The van der Waals surface area contributed by atoms with Crippen LogP contribution < -0.4 is 5.73 Å². The van der Waals surface area contributed by atoms with E-state index in [0.717, 1.165) is 11.3 Å². The third-order valence-electron chi connectivity index (χ3n) is 2.10. The molecule has 0 aromatic carbocycles. The molecule has 4 nitrogen and oxygen atoms in total. The van der Waals surface area contributed by atoms with Crippen LogP contribution in [0.25, 0.3) is 11.1 Å². The quantitative estimate of drug-likeness (QED) is 0.872. The first-order chi connectivity index (χ1) is 7.18. The molecule has 84 valence electrons. The van der Waals surface area contributed by atoms with E-state index in [1.165, 1.54) is 6.26 Å². The number of furan rings is 1. The fraction of sp³-hybridized carbons (Fsp3) is 0.0909. The molecule has 0 bridgehead atoms. The first kappa shape index (κ1) is 12.3. The van der Waals surface area contributed by atoms with Gasteiger partial charge in [-0.15, -0.1) is 12.4 Å². The number of carbonyl (C=O) groups excluding carboxylic acids is 1. The summed E-state index contributed by atoms with van der Waals surface area (Å²) >= 11 is 0. The normalized spacial score (nSPS) is 9.56. The average molecular weight is 239 g/mol. The molecule has 2 N–H and O–H groups in total. The van der Waals surface area contributed by atoms with Gasteiger partial charge in [0.1, 0.15) is 0 Å². The molecule has 0 atom stereocenters. The number of aromatic nitrogens is 1. The Hall–Kier alpha value is -1.81. The molecule has 0 unspecified atom stereocenters. The van der Waals surface area contributed by atoms with E-state index in [2.05, 4.69) is 4.98 Å². The first-order valence-corrected chi connectivity index (χ1v) is 4.49. The van der Waals surface area contributed by atoms with Crippen LogP contribution in [0.1, 0.15) is 16.2 Å². The first-order valence-electron chi connectivity index (χ1n) is 4.49. The van der Waals surface area contributed by atoms with Gasteiger partial charge < -0.3 is 10.2 Å². The van der Waals surface area contributed by atoms with Gasteiger partial charge in [-0.3, -0.25) is 9.78 Å². The Kier molecular flexibility index (Phi) is 3.68. The van der Waals surface area contributed by atoms with E-state index in [0.29, 0.717) is 5.56 Å². The molecule has 0 aliphatic heterocycles. The van der Waals surface area contributed by atoms with E-state index in [-0.39, 0.29) is 18.2 Å². The number of hydrogen-bond donors (Lipinski definition) is 1. The number of rotatable bonds is 2. The van der Waals surface area contributed by atoms with Crippen LogP contribution in [0.15, 0.2) is 35.1 Å². The summed E-state index contributed by atoms with van der Waals surface area (Å²) in [5, 5.41) is 0. The number of carbonyl (C=O) groups is 1. The van der Waals surface area contributed by atoms with E-state index in [4.69, 9.17) is 10.2 Å². The van der Waals surface area contributed by atoms with E-state index < -0.39 is 5.91 Å². The van der Waals surface area contributed by atoms with Gasteiger partial charge in [0.05, 0.1) is 6.26 Å². The standard InChI is InChI=1S/C11H10N2O2.ClH/c1-7-6-8(2-4-13-7)9-3-5-15-10(9)11(12)14;/h2-6H,1H3,(H2,12,14);1H. The van der Waals surface area contributed by atoms with Gasteiger partial charge >= 0.3 is 0 Å². The van der Waals surface area contributed by atoms with Crippen LogP contribution in [-0.2, 0) is 0 Å². The predicted octanol–water partition coefficient (Wildman–Crippen LogP) is 2.17. The second-order valence-electron chi connectivity index (χ2n) is 3.21. The van der Waals surface area contributed by atoms with Crippen molar-refractivity contribution in [2.75, 3.05) is 0 Å². The van der Waals surface area contributed by atoms with Gasteiger partial charge in [-0.05, 0) is 30.7 Å². The lowest BCUT2D eigenvalue weighted by Crippen LogP contribution is -2.10. The van der Waals surface area contributed by atoms with Crippen LogP contribution in [0.4, 0.5) is 0 Å². The molecule has 2 heterocycles. The summed E-state index contributed by atoms with van der Waals surface area (Å²) in [7, 11) is 0. The zero-order valence-corrected chi connectivity index (χ0v) is 9.45. The Morgan fingerprint density at radius 1 is 1.44 bits per heavy atom. The SMILES string of the molecule is Cc1cc(-c2ccoc2C(N)=O)ccn1.Cl. The number of aryl methyl sites for hydroxylation is 1. The predicted molar refractivity (Wildman–Crippen MR) is 62.4 cm³/mol. The molecule has 2 aromatic heterocycles. The van der Waals surface area contributed by atoms with Gasteiger partial charge in [0.15, 0.2) is 5.76 Å². The third-order valence-corrected chi connectivity index (χ3v) is 2.10. The van der Waals surface area contributed by atoms with Crippen molar-refractivity contribution in [2.24, 2.45) is 5.73 Å². The summed E-state index contributed by atoms with van der Waals surface area (Å²) in [6.07, 6.45) is 3.13. The van der Waals surface area contributed by atoms with E-state index in [1.54, 1.807) is 12.3 Å². The lowest BCUT2D eigenvalue weighted by Gasteiger charge is -2.00. The molecule has 0 saturated carbocycles. The second kappa shape index (κ2) is 4.81. The van der Waals surface area contributed by atoms with Gasteiger partial charge in [0.2, 0.25) is 0 Å². The number of halogens is 1. The minimum Gasteiger partial charge on any atom is -0.459 e. The Labute approximate surface area is 98.9 Å². The van der Waals surface area contributed by atoms with E-state index >= 15 is 0 Å². The van der Waals surface area contributed by atoms with Crippen LogP contribution in [0.5, 0.6) is 0 Å². The van der Waals surface area contributed by atoms with Crippen molar-refractivity contribution in [2.45, 2.75) is 6.92 Å². The summed E-state index contributed by atoms with van der Waals surface area (Å²) in [5.74, 6) is -0.384. The molecule has 1 amide bonds. The smallest absolute Gasteiger partial charge is 0.285 e. The summed E-state index contributed by atoms with van der Waals surface area (Å²) in [6.45, 7) is 1.88. The van der Waals surface area contributed by atoms with Crippen molar-refractivity contribution in [3.8, 4) is 11.1 Å². The molecule has 0 spiro atoms. The number of amides is 1. The minimum atomic E-state index is -0.565. The maximum absolute atomic E-state index is 11.1. The number of nitrogens with zero attached hydrogens (tertiary/aromatic N) is 1. The monoisotopic (exact) mass is 238 g/mol. The lowest BCUT2D eigenvalue weighted by molar-refractivity contribution is 0.0975. The molecule has 16 heavy (non-hydrogen) atoms. The van der Waals surface area contributed by atoms with Crippen molar-refractivity contribution in [3.63, 3.8) is 0 Å². The lowest BCUT2D eigenvalue weighted by atomic mass is 10.1. The van der Waals surface area contributed by atoms with Crippen molar-refractivity contribution < 1.29 is 9.21 Å². The number of hydrogen-bond acceptors (Lipinski definition) is 3. The molecule has 0 saturated heterocycles. The van der Waals surface area contributed by atoms with Crippen LogP contribution in [0.2, 0.25) is 0 Å². The summed E-state index contributed by atoms with van der Waals surface area (Å²) < 4.78 is 5.03. The van der Waals surface area contributed by atoms with Gasteiger partial charge in [0, 0.05) is 17.5 Å². The summed E-state index contributed by atoms with van der Waals surface area (Å²) in [4.78, 5) is 15.1. The summed E-state index contributed by atoms with van der Waals surface area (Å²) in [6, 6.07) is 5.40. The molecule has 0 radical (unpaired) electrons. The molecule has 0 aliphatic rings. The zero-order valence-electron chi connectivity index (χ0n) is 8.64. The van der Waals surface area contributed by atoms with E-state index in [9.17, 15) is 4.79 Å². The molecular formula is C11H11ClN2O2. The topological polar surface area (TPSA) is 69.1 Å². The fourth-order valence-electron chi connectivity index (χ4n) is 1.44. The van der Waals surface area contributed by atoms with Crippen molar-refractivity contribution >= 4 is 18.3 Å². The maximum atomic E-state index is 11.1. The van der Waals surface area contributed by atoms with Crippen LogP contribution in [0.3, 0.4) is 0 Å².